The number of nitrogens with zero attached hydrogens (tertiary/aromatic N) is 1. The first-order valence-corrected chi connectivity index (χ1v) is 7.66. The summed E-state index contributed by atoms with van der Waals surface area (Å²) >= 11 is 0. The molecular weight excluding hydrogens is 298 g/mol. The number of carboxylic acids is 1. The molecule has 0 aliphatic carbocycles. The fourth-order valence-corrected chi connectivity index (χ4v) is 2.57. The van der Waals surface area contributed by atoms with Gasteiger partial charge < -0.3 is 10.0 Å². The molecule has 0 amide bonds. The first-order chi connectivity index (χ1) is 11.8. The van der Waals surface area contributed by atoms with E-state index in [0.29, 0.717) is 0 Å². The molecule has 3 nitrogen and oxygen atoms in total. The molecule has 0 spiro atoms. The van der Waals surface area contributed by atoms with Crippen LogP contribution < -0.4 is 4.90 Å². The molecule has 118 valence electrons. The number of carbonyl (C=O) groups is 1. The van der Waals surface area contributed by atoms with Crippen LogP contribution in [-0.4, -0.2) is 11.1 Å². The van der Waals surface area contributed by atoms with Crippen LogP contribution in [-0.2, 0) is 4.79 Å². The SMILES string of the molecule is O=C(O)/C=C/c1ccccc1N(c1ccccc1)c1ccccc1. The molecule has 24 heavy (non-hydrogen) atoms. The van der Waals surface area contributed by atoms with Crippen molar-refractivity contribution in [1.29, 1.82) is 0 Å². The van der Waals surface area contributed by atoms with Crippen molar-refractivity contribution in [2.24, 2.45) is 0 Å². The van der Waals surface area contributed by atoms with Gasteiger partial charge in [0, 0.05) is 17.5 Å². The molecule has 3 rings (SSSR count). The van der Waals surface area contributed by atoms with Crippen LogP contribution in [0.5, 0.6) is 0 Å². The van der Waals surface area contributed by atoms with Gasteiger partial charge in [0.15, 0.2) is 0 Å². The van der Waals surface area contributed by atoms with E-state index in [4.69, 9.17) is 5.11 Å². The summed E-state index contributed by atoms with van der Waals surface area (Å²) in [4.78, 5) is 13.0. The Labute approximate surface area is 141 Å². The Bertz CT molecular complexity index is 802. The summed E-state index contributed by atoms with van der Waals surface area (Å²) in [5.41, 5.74) is 3.79. The third-order valence-electron chi connectivity index (χ3n) is 3.61. The van der Waals surface area contributed by atoms with Gasteiger partial charge in [-0.2, -0.15) is 0 Å². The maximum atomic E-state index is 10.9. The van der Waals surface area contributed by atoms with Gasteiger partial charge in [0.2, 0.25) is 0 Å². The Hall–Kier alpha value is -3.33. The molecule has 0 saturated carbocycles. The van der Waals surface area contributed by atoms with Crippen molar-refractivity contribution < 1.29 is 9.90 Å². The lowest BCUT2D eigenvalue weighted by Crippen LogP contribution is -2.11. The van der Waals surface area contributed by atoms with Crippen LogP contribution in [0.1, 0.15) is 5.56 Å². The van der Waals surface area contributed by atoms with Crippen molar-refractivity contribution in [3.63, 3.8) is 0 Å². The van der Waals surface area contributed by atoms with E-state index in [1.54, 1.807) is 6.08 Å². The molecule has 1 N–H and O–H groups in total. The molecule has 3 heteroatoms. The number of aliphatic carboxylic acids is 1. The van der Waals surface area contributed by atoms with Gasteiger partial charge in [-0.25, -0.2) is 4.79 Å². The lowest BCUT2D eigenvalue weighted by Gasteiger charge is -2.27. The van der Waals surface area contributed by atoms with E-state index >= 15 is 0 Å². The fraction of sp³-hybridized carbons (Fsp3) is 0. The molecule has 0 unspecified atom stereocenters. The van der Waals surface area contributed by atoms with Crippen molar-refractivity contribution in [2.75, 3.05) is 4.90 Å². The summed E-state index contributed by atoms with van der Waals surface area (Å²) in [6.45, 7) is 0. The van der Waals surface area contributed by atoms with Crippen LogP contribution in [0.2, 0.25) is 0 Å². The molecule has 0 fully saturated rings. The number of hydrogen-bond donors (Lipinski definition) is 1. The summed E-state index contributed by atoms with van der Waals surface area (Å²) in [5, 5.41) is 8.94. The topological polar surface area (TPSA) is 40.5 Å². The van der Waals surface area contributed by atoms with Crippen LogP contribution in [0.3, 0.4) is 0 Å². The number of carboxylic acid groups (broad SMARTS) is 1. The highest BCUT2D eigenvalue weighted by Crippen LogP contribution is 2.36. The quantitative estimate of drug-likeness (QED) is 0.653. The average molecular weight is 315 g/mol. The summed E-state index contributed by atoms with van der Waals surface area (Å²) in [7, 11) is 0. The highest BCUT2D eigenvalue weighted by molar-refractivity contribution is 5.89. The van der Waals surface area contributed by atoms with Gasteiger partial charge in [-0.15, -0.1) is 0 Å². The maximum absolute atomic E-state index is 10.9. The van der Waals surface area contributed by atoms with Crippen LogP contribution >= 0.6 is 0 Å². The summed E-state index contributed by atoms with van der Waals surface area (Å²) in [6.07, 6.45) is 2.78. The van der Waals surface area contributed by atoms with Gasteiger partial charge in [0.05, 0.1) is 5.69 Å². The van der Waals surface area contributed by atoms with Gasteiger partial charge in [-0.1, -0.05) is 54.6 Å². The van der Waals surface area contributed by atoms with E-state index in [-0.39, 0.29) is 0 Å². The maximum Gasteiger partial charge on any atom is 0.328 e. The minimum atomic E-state index is -0.962. The number of anilines is 3. The summed E-state index contributed by atoms with van der Waals surface area (Å²) in [5.74, 6) is -0.962. The predicted molar refractivity (Wildman–Crippen MR) is 97.8 cm³/mol. The predicted octanol–water partition coefficient (Wildman–Crippen LogP) is 5.25. The Balaban J connectivity index is 2.16. The lowest BCUT2D eigenvalue weighted by molar-refractivity contribution is -0.131. The molecule has 0 aromatic heterocycles. The molecule has 0 aliphatic rings. The van der Waals surface area contributed by atoms with Gasteiger partial charge in [0.25, 0.3) is 0 Å². The van der Waals surface area contributed by atoms with Crippen molar-refractivity contribution in [2.45, 2.75) is 0 Å². The zero-order valence-corrected chi connectivity index (χ0v) is 13.0. The minimum Gasteiger partial charge on any atom is -0.478 e. The molecule has 0 heterocycles. The monoisotopic (exact) mass is 315 g/mol. The van der Waals surface area contributed by atoms with Crippen LogP contribution in [0.4, 0.5) is 17.1 Å². The molecular formula is C21H17NO2. The van der Waals surface area contributed by atoms with E-state index in [0.717, 1.165) is 28.7 Å². The van der Waals surface area contributed by atoms with Crippen molar-refractivity contribution in [3.8, 4) is 0 Å². The molecule has 3 aromatic carbocycles. The summed E-state index contributed by atoms with van der Waals surface area (Å²) in [6, 6.07) is 27.8. The molecule has 0 atom stereocenters. The van der Waals surface area contributed by atoms with Gasteiger partial charge in [0.1, 0.15) is 0 Å². The van der Waals surface area contributed by atoms with Crippen molar-refractivity contribution in [3.05, 3.63) is 96.6 Å². The highest BCUT2D eigenvalue weighted by atomic mass is 16.4. The van der Waals surface area contributed by atoms with Crippen LogP contribution in [0.15, 0.2) is 91.0 Å². The Morgan fingerprint density at radius 1 is 0.750 bits per heavy atom. The third kappa shape index (κ3) is 3.52. The normalized spacial score (nSPS) is 10.7. The fourth-order valence-electron chi connectivity index (χ4n) is 2.57. The number of benzene rings is 3. The van der Waals surface area contributed by atoms with E-state index in [1.165, 1.54) is 0 Å². The standard InChI is InChI=1S/C21H17NO2/c23-21(24)16-15-17-9-7-8-14-20(17)22(18-10-3-1-4-11-18)19-12-5-2-6-13-19/h1-16H,(H,23,24)/b16-15+. The third-order valence-corrected chi connectivity index (χ3v) is 3.61. The first kappa shape index (κ1) is 15.6. The van der Waals surface area contributed by atoms with Crippen LogP contribution in [0.25, 0.3) is 6.08 Å². The Morgan fingerprint density at radius 2 is 1.25 bits per heavy atom. The highest BCUT2D eigenvalue weighted by Gasteiger charge is 2.14. The van der Waals surface area contributed by atoms with Crippen LogP contribution in [0, 0.1) is 0 Å². The van der Waals surface area contributed by atoms with Crippen molar-refractivity contribution >= 4 is 29.1 Å². The smallest absolute Gasteiger partial charge is 0.328 e. The second-order valence-electron chi connectivity index (χ2n) is 5.24. The van der Waals surface area contributed by atoms with Gasteiger partial charge in [-0.3, -0.25) is 0 Å². The average Bonchev–Trinajstić information content (AvgIpc) is 2.63. The molecule has 0 aliphatic heterocycles. The van der Waals surface area contributed by atoms with E-state index in [2.05, 4.69) is 4.90 Å². The second-order valence-corrected chi connectivity index (χ2v) is 5.24. The number of rotatable bonds is 5. The first-order valence-electron chi connectivity index (χ1n) is 7.66. The zero-order chi connectivity index (χ0) is 16.8. The molecule has 0 saturated heterocycles. The minimum absolute atomic E-state index is 0.840. The van der Waals surface area contributed by atoms with E-state index < -0.39 is 5.97 Å². The molecule has 3 aromatic rings. The second kappa shape index (κ2) is 7.29. The summed E-state index contributed by atoms with van der Waals surface area (Å²) < 4.78 is 0. The van der Waals surface area contributed by atoms with E-state index in [1.807, 2.05) is 84.9 Å². The van der Waals surface area contributed by atoms with E-state index in [9.17, 15) is 4.79 Å². The van der Waals surface area contributed by atoms with Gasteiger partial charge >= 0.3 is 5.97 Å². The number of para-hydroxylation sites is 3. The van der Waals surface area contributed by atoms with Crippen molar-refractivity contribution in [1.82, 2.24) is 0 Å². The molecule has 0 bridgehead atoms. The molecule has 0 radical (unpaired) electrons. The zero-order valence-electron chi connectivity index (χ0n) is 13.0. The van der Waals surface area contributed by atoms with Gasteiger partial charge in [-0.05, 0) is 42.0 Å². The largest absolute Gasteiger partial charge is 0.478 e. The lowest BCUT2D eigenvalue weighted by atomic mass is 10.1. The Kier molecular flexibility index (Phi) is 4.73. The number of hydrogen-bond acceptors (Lipinski definition) is 2. The Morgan fingerprint density at radius 3 is 1.79 bits per heavy atom.